The number of ether oxygens (including phenoxy) is 1. The molecule has 9 heteroatoms. The van der Waals surface area contributed by atoms with E-state index in [1.165, 1.54) is 16.4 Å². The van der Waals surface area contributed by atoms with Gasteiger partial charge in [-0.1, -0.05) is 31.5 Å². The fraction of sp³-hybridized carbons (Fsp3) is 0.462. The van der Waals surface area contributed by atoms with Crippen LogP contribution < -0.4 is 15.0 Å². The lowest BCUT2D eigenvalue weighted by atomic mass is 10.1. The lowest BCUT2D eigenvalue weighted by Crippen LogP contribution is -2.35. The number of carbonyl (C=O) groups is 2. The number of benzene rings is 2. The Morgan fingerprint density at radius 2 is 1.83 bits per heavy atom. The van der Waals surface area contributed by atoms with Crippen molar-refractivity contribution < 1.29 is 22.7 Å². The van der Waals surface area contributed by atoms with Crippen LogP contribution in [0.3, 0.4) is 0 Å². The van der Waals surface area contributed by atoms with Crippen molar-refractivity contribution in [2.24, 2.45) is 5.92 Å². The van der Waals surface area contributed by atoms with Gasteiger partial charge in [-0.05, 0) is 56.0 Å². The molecule has 2 aromatic rings. The van der Waals surface area contributed by atoms with Crippen LogP contribution in [0.2, 0.25) is 0 Å². The Balaban J connectivity index is 1.55. The predicted octanol–water partition coefficient (Wildman–Crippen LogP) is 3.81. The molecule has 2 aromatic carbocycles. The molecule has 2 amide bonds. The van der Waals surface area contributed by atoms with E-state index in [0.717, 1.165) is 36.9 Å². The summed E-state index contributed by atoms with van der Waals surface area (Å²) >= 11 is 0. The van der Waals surface area contributed by atoms with Crippen LogP contribution in [-0.2, 0) is 26.0 Å². The SMILES string of the molecule is CCOc1ccc(S(=O)(=O)N2CCCCC2)cc1NC(=O)[C@H]1CC(=O)N(c2ccccc2CC)C1. The number of rotatable bonds is 8. The minimum atomic E-state index is -3.67. The van der Waals surface area contributed by atoms with Gasteiger partial charge in [0.25, 0.3) is 0 Å². The molecule has 0 aromatic heterocycles. The largest absolute Gasteiger partial charge is 0.492 e. The molecular formula is C26H33N3O5S. The minimum Gasteiger partial charge on any atom is -0.492 e. The van der Waals surface area contributed by atoms with Crippen molar-refractivity contribution in [1.29, 1.82) is 0 Å². The smallest absolute Gasteiger partial charge is 0.243 e. The van der Waals surface area contributed by atoms with Crippen LogP contribution in [0.15, 0.2) is 47.4 Å². The van der Waals surface area contributed by atoms with E-state index in [2.05, 4.69) is 5.32 Å². The zero-order valence-electron chi connectivity index (χ0n) is 20.3. The van der Waals surface area contributed by atoms with Crippen LogP contribution in [0.25, 0.3) is 0 Å². The number of nitrogens with zero attached hydrogens (tertiary/aromatic N) is 2. The van der Waals surface area contributed by atoms with Crippen LogP contribution in [0.4, 0.5) is 11.4 Å². The number of nitrogens with one attached hydrogen (secondary N) is 1. The molecule has 1 atom stereocenters. The van der Waals surface area contributed by atoms with Crippen LogP contribution in [-0.4, -0.2) is 50.8 Å². The topological polar surface area (TPSA) is 96.0 Å². The molecule has 0 radical (unpaired) electrons. The van der Waals surface area contributed by atoms with Crippen molar-refractivity contribution in [3.05, 3.63) is 48.0 Å². The molecule has 0 saturated carbocycles. The maximum Gasteiger partial charge on any atom is 0.243 e. The molecule has 2 saturated heterocycles. The number of hydrogen-bond acceptors (Lipinski definition) is 5. The van der Waals surface area contributed by atoms with Gasteiger partial charge in [0.05, 0.1) is 23.1 Å². The number of piperidine rings is 1. The van der Waals surface area contributed by atoms with Crippen molar-refractivity contribution in [2.45, 2.75) is 50.8 Å². The van der Waals surface area contributed by atoms with Gasteiger partial charge in [0.15, 0.2) is 0 Å². The second-order valence-electron chi connectivity index (χ2n) is 8.93. The highest BCUT2D eigenvalue weighted by Crippen LogP contribution is 2.33. The molecule has 4 rings (SSSR count). The number of sulfonamides is 1. The second kappa shape index (κ2) is 10.8. The van der Waals surface area contributed by atoms with E-state index in [4.69, 9.17) is 4.74 Å². The Labute approximate surface area is 207 Å². The van der Waals surface area contributed by atoms with Crippen molar-refractivity contribution in [3.8, 4) is 5.75 Å². The van der Waals surface area contributed by atoms with E-state index in [1.54, 1.807) is 11.0 Å². The number of hydrogen-bond donors (Lipinski definition) is 1. The number of anilines is 2. The van der Waals surface area contributed by atoms with Gasteiger partial charge in [0, 0.05) is 31.7 Å². The highest BCUT2D eigenvalue weighted by Gasteiger charge is 2.36. The molecule has 0 unspecified atom stereocenters. The second-order valence-corrected chi connectivity index (χ2v) is 10.9. The first-order chi connectivity index (χ1) is 16.8. The summed E-state index contributed by atoms with van der Waals surface area (Å²) in [5.74, 6) is -0.582. The minimum absolute atomic E-state index is 0.0968. The maximum absolute atomic E-state index is 13.2. The van der Waals surface area contributed by atoms with Crippen LogP contribution in [0.1, 0.15) is 45.1 Å². The first-order valence-electron chi connectivity index (χ1n) is 12.3. The Hall–Kier alpha value is -2.91. The lowest BCUT2D eigenvalue weighted by Gasteiger charge is -2.26. The molecule has 2 aliphatic rings. The van der Waals surface area contributed by atoms with Gasteiger partial charge in [0.1, 0.15) is 5.75 Å². The quantitative estimate of drug-likeness (QED) is 0.596. The van der Waals surface area contributed by atoms with Crippen molar-refractivity contribution in [2.75, 3.05) is 36.5 Å². The van der Waals surface area contributed by atoms with Crippen molar-refractivity contribution >= 4 is 33.2 Å². The number of amides is 2. The lowest BCUT2D eigenvalue weighted by molar-refractivity contribution is -0.122. The fourth-order valence-corrected chi connectivity index (χ4v) is 6.27. The van der Waals surface area contributed by atoms with Crippen molar-refractivity contribution in [3.63, 3.8) is 0 Å². The zero-order valence-corrected chi connectivity index (χ0v) is 21.1. The molecule has 2 aliphatic heterocycles. The highest BCUT2D eigenvalue weighted by molar-refractivity contribution is 7.89. The van der Waals surface area contributed by atoms with E-state index in [9.17, 15) is 18.0 Å². The first kappa shape index (κ1) is 25.2. The summed E-state index contributed by atoms with van der Waals surface area (Å²) in [6, 6.07) is 12.3. The Bertz CT molecular complexity index is 1190. The number of para-hydroxylation sites is 1. The third-order valence-corrected chi connectivity index (χ3v) is 8.52. The highest BCUT2D eigenvalue weighted by atomic mass is 32.2. The third-order valence-electron chi connectivity index (χ3n) is 6.62. The van der Waals surface area contributed by atoms with Crippen molar-refractivity contribution in [1.82, 2.24) is 4.31 Å². The Morgan fingerprint density at radius 1 is 1.09 bits per heavy atom. The maximum atomic E-state index is 13.2. The van der Waals surface area contributed by atoms with Gasteiger partial charge in [-0.25, -0.2) is 8.42 Å². The van der Waals surface area contributed by atoms with E-state index in [-0.39, 0.29) is 29.7 Å². The molecule has 0 bridgehead atoms. The van der Waals surface area contributed by atoms with Gasteiger partial charge in [-0.15, -0.1) is 0 Å². The molecule has 2 heterocycles. The molecule has 0 spiro atoms. The van der Waals surface area contributed by atoms with E-state index in [0.29, 0.717) is 31.1 Å². The number of aryl methyl sites for hydroxylation is 1. The molecule has 8 nitrogen and oxygen atoms in total. The van der Waals surface area contributed by atoms with Gasteiger partial charge in [0.2, 0.25) is 21.8 Å². The molecule has 2 fully saturated rings. The predicted molar refractivity (Wildman–Crippen MR) is 135 cm³/mol. The molecule has 35 heavy (non-hydrogen) atoms. The monoisotopic (exact) mass is 499 g/mol. The van der Waals surface area contributed by atoms with E-state index in [1.807, 2.05) is 38.1 Å². The van der Waals surface area contributed by atoms with E-state index >= 15 is 0 Å². The Morgan fingerprint density at radius 3 is 2.54 bits per heavy atom. The summed E-state index contributed by atoms with van der Waals surface area (Å²) in [7, 11) is -3.67. The summed E-state index contributed by atoms with van der Waals surface area (Å²) in [5, 5.41) is 2.85. The zero-order chi connectivity index (χ0) is 25.0. The van der Waals surface area contributed by atoms with Gasteiger partial charge < -0.3 is 15.0 Å². The number of carbonyl (C=O) groups excluding carboxylic acids is 2. The van der Waals surface area contributed by atoms with Crippen LogP contribution in [0.5, 0.6) is 5.75 Å². The average Bonchev–Trinajstić information content (AvgIpc) is 3.27. The molecule has 188 valence electrons. The molecule has 0 aliphatic carbocycles. The molecular weight excluding hydrogens is 466 g/mol. The summed E-state index contributed by atoms with van der Waals surface area (Å²) in [5.41, 5.74) is 2.19. The van der Waals surface area contributed by atoms with Gasteiger partial charge in [-0.2, -0.15) is 4.31 Å². The third kappa shape index (κ3) is 5.36. The summed E-state index contributed by atoms with van der Waals surface area (Å²) in [6.07, 6.45) is 3.59. The van der Waals surface area contributed by atoms with Gasteiger partial charge >= 0.3 is 0 Å². The van der Waals surface area contributed by atoms with Crippen LogP contribution in [0, 0.1) is 5.92 Å². The summed E-state index contributed by atoms with van der Waals surface area (Å²) in [6.45, 7) is 5.49. The Kier molecular flexibility index (Phi) is 7.76. The normalized spacial score (nSPS) is 19.1. The summed E-state index contributed by atoms with van der Waals surface area (Å²) < 4.78 is 33.5. The van der Waals surface area contributed by atoms with Gasteiger partial charge in [-0.3, -0.25) is 9.59 Å². The van der Waals surface area contributed by atoms with E-state index < -0.39 is 15.9 Å². The molecule has 1 N–H and O–H groups in total. The first-order valence-corrected chi connectivity index (χ1v) is 13.7. The fourth-order valence-electron chi connectivity index (χ4n) is 4.73. The summed E-state index contributed by atoms with van der Waals surface area (Å²) in [4.78, 5) is 27.8. The average molecular weight is 500 g/mol. The van der Waals surface area contributed by atoms with Crippen LogP contribution >= 0.6 is 0 Å². The standard InChI is InChI=1S/C26H33N3O5S/c1-3-19-10-6-7-11-23(19)29-18-20(16-25(29)30)26(31)27-22-17-21(12-13-24(22)34-4-2)35(32,33)28-14-8-5-9-15-28/h6-7,10-13,17,20H,3-5,8-9,14-16,18H2,1-2H3,(H,27,31)/t20-/m0/s1.